The zero-order valence-corrected chi connectivity index (χ0v) is 19.0. The van der Waals surface area contributed by atoms with E-state index in [1.165, 1.54) is 19.1 Å². The molecule has 0 unspecified atom stereocenters. The standard InChI is InChI=1S/C26H22F7NO2/c1-16(21-15-18(25(28,29)30)7-12-22(21)26(31,32)33)36-24-23(17-5-3-2-4-6-17)34(13-14-35-24)20-10-8-19(27)9-11-20/h2-12,15-16,23-24H,13-14H2,1H3/t16-,23+,24-/m1/s1. The minimum Gasteiger partial charge on any atom is -0.357 e. The summed E-state index contributed by atoms with van der Waals surface area (Å²) in [6.07, 6.45) is -12.2. The Hall–Kier alpha value is -3.11. The molecule has 3 nitrogen and oxygen atoms in total. The van der Waals surface area contributed by atoms with Crippen molar-refractivity contribution in [2.24, 2.45) is 0 Å². The Morgan fingerprint density at radius 1 is 0.889 bits per heavy atom. The van der Waals surface area contributed by atoms with Crippen LogP contribution in [0, 0.1) is 5.82 Å². The van der Waals surface area contributed by atoms with Gasteiger partial charge in [-0.1, -0.05) is 30.3 Å². The Morgan fingerprint density at radius 2 is 1.56 bits per heavy atom. The molecule has 0 N–H and O–H groups in total. The van der Waals surface area contributed by atoms with Gasteiger partial charge in [0.2, 0.25) is 0 Å². The number of hydrogen-bond donors (Lipinski definition) is 0. The molecule has 0 amide bonds. The molecule has 1 aliphatic heterocycles. The van der Waals surface area contributed by atoms with Gasteiger partial charge < -0.3 is 14.4 Å². The van der Waals surface area contributed by atoms with Gasteiger partial charge in [-0.15, -0.1) is 0 Å². The zero-order valence-electron chi connectivity index (χ0n) is 19.0. The average Bonchev–Trinajstić information content (AvgIpc) is 2.83. The SMILES string of the molecule is C[C@@H](O[C@H]1OCCN(c2ccc(F)cc2)[C@H]1c1ccccc1)c1cc(C(F)(F)F)ccc1C(F)(F)F. The third-order valence-electron chi connectivity index (χ3n) is 5.97. The maximum absolute atomic E-state index is 13.7. The number of morpholine rings is 1. The molecule has 0 spiro atoms. The van der Waals surface area contributed by atoms with E-state index >= 15 is 0 Å². The van der Waals surface area contributed by atoms with E-state index in [1.807, 2.05) is 4.90 Å². The van der Waals surface area contributed by atoms with Crippen LogP contribution in [0.25, 0.3) is 0 Å². The highest BCUT2D eigenvalue weighted by Gasteiger charge is 2.40. The van der Waals surface area contributed by atoms with Crippen molar-refractivity contribution in [2.45, 2.75) is 37.7 Å². The molecule has 1 aliphatic rings. The number of ether oxygens (including phenoxy) is 2. The van der Waals surface area contributed by atoms with Gasteiger partial charge in [0.15, 0.2) is 6.29 Å². The zero-order chi connectivity index (χ0) is 26.1. The van der Waals surface area contributed by atoms with E-state index in [0.29, 0.717) is 36.0 Å². The van der Waals surface area contributed by atoms with Crippen molar-refractivity contribution in [3.8, 4) is 0 Å². The van der Waals surface area contributed by atoms with Gasteiger partial charge in [0.25, 0.3) is 0 Å². The van der Waals surface area contributed by atoms with Gasteiger partial charge in [0.05, 0.1) is 23.8 Å². The number of hydrogen-bond acceptors (Lipinski definition) is 3. The molecule has 36 heavy (non-hydrogen) atoms. The van der Waals surface area contributed by atoms with Crippen LogP contribution in [0.5, 0.6) is 0 Å². The molecule has 1 fully saturated rings. The number of rotatable bonds is 5. The highest BCUT2D eigenvalue weighted by Crippen LogP contribution is 2.42. The normalized spacial score (nSPS) is 19.8. The fourth-order valence-electron chi connectivity index (χ4n) is 4.28. The number of halogens is 7. The topological polar surface area (TPSA) is 21.7 Å². The van der Waals surface area contributed by atoms with E-state index < -0.39 is 53.3 Å². The predicted molar refractivity (Wildman–Crippen MR) is 119 cm³/mol. The molecule has 3 aromatic carbocycles. The first kappa shape index (κ1) is 26.0. The second kappa shape index (κ2) is 10.1. The molecule has 0 radical (unpaired) electrons. The van der Waals surface area contributed by atoms with Crippen molar-refractivity contribution in [3.63, 3.8) is 0 Å². The summed E-state index contributed by atoms with van der Waals surface area (Å²) in [7, 11) is 0. The molecule has 4 rings (SSSR count). The summed E-state index contributed by atoms with van der Waals surface area (Å²) in [5, 5.41) is 0. The van der Waals surface area contributed by atoms with Crippen molar-refractivity contribution in [2.75, 3.05) is 18.1 Å². The van der Waals surface area contributed by atoms with E-state index in [1.54, 1.807) is 42.5 Å². The lowest BCUT2D eigenvalue weighted by atomic mass is 9.98. The van der Waals surface area contributed by atoms with Crippen LogP contribution in [0.4, 0.5) is 36.4 Å². The molecular weight excluding hydrogens is 491 g/mol. The second-order valence-electron chi connectivity index (χ2n) is 8.34. The molecule has 192 valence electrons. The fraction of sp³-hybridized carbons (Fsp3) is 0.308. The Morgan fingerprint density at radius 3 is 2.17 bits per heavy atom. The number of alkyl halides is 6. The summed E-state index contributed by atoms with van der Waals surface area (Å²) in [6.45, 7) is 1.76. The highest BCUT2D eigenvalue weighted by atomic mass is 19.4. The lowest BCUT2D eigenvalue weighted by Gasteiger charge is -2.43. The van der Waals surface area contributed by atoms with Gasteiger partial charge in [-0.3, -0.25) is 0 Å². The Kier molecular flexibility index (Phi) is 7.28. The monoisotopic (exact) mass is 513 g/mol. The van der Waals surface area contributed by atoms with Crippen LogP contribution >= 0.6 is 0 Å². The quantitative estimate of drug-likeness (QED) is 0.329. The summed E-state index contributed by atoms with van der Waals surface area (Å²) in [5.41, 5.74) is -1.74. The van der Waals surface area contributed by atoms with Crippen LogP contribution in [0.1, 0.15) is 41.3 Å². The van der Waals surface area contributed by atoms with E-state index in [4.69, 9.17) is 9.47 Å². The average molecular weight is 513 g/mol. The van der Waals surface area contributed by atoms with Gasteiger partial charge >= 0.3 is 12.4 Å². The Labute approximate surface area is 203 Å². The molecule has 1 saturated heterocycles. The van der Waals surface area contributed by atoms with Crippen LogP contribution in [0.15, 0.2) is 72.8 Å². The highest BCUT2D eigenvalue weighted by molar-refractivity contribution is 5.50. The van der Waals surface area contributed by atoms with Gasteiger partial charge in [-0.05, 0) is 60.5 Å². The molecule has 10 heteroatoms. The van der Waals surface area contributed by atoms with Crippen LogP contribution < -0.4 is 4.90 Å². The fourth-order valence-corrected chi connectivity index (χ4v) is 4.28. The van der Waals surface area contributed by atoms with Gasteiger partial charge in [-0.2, -0.15) is 26.3 Å². The number of benzene rings is 3. The van der Waals surface area contributed by atoms with Crippen LogP contribution in [0.2, 0.25) is 0 Å². The third-order valence-corrected chi connectivity index (χ3v) is 5.97. The largest absolute Gasteiger partial charge is 0.416 e. The molecule has 0 saturated carbocycles. The first-order valence-corrected chi connectivity index (χ1v) is 11.1. The molecule has 3 atom stereocenters. The molecule has 0 aliphatic carbocycles. The summed E-state index contributed by atoms with van der Waals surface area (Å²) < 4.78 is 106. The Bertz CT molecular complexity index is 1160. The summed E-state index contributed by atoms with van der Waals surface area (Å²) in [6, 6.07) is 15.2. The van der Waals surface area contributed by atoms with Crippen LogP contribution in [0.3, 0.4) is 0 Å². The van der Waals surface area contributed by atoms with Crippen molar-refractivity contribution < 1.29 is 40.2 Å². The van der Waals surface area contributed by atoms with Crippen LogP contribution in [-0.4, -0.2) is 19.4 Å². The summed E-state index contributed by atoms with van der Waals surface area (Å²) in [5.74, 6) is -0.436. The minimum absolute atomic E-state index is 0.132. The molecule has 3 aromatic rings. The summed E-state index contributed by atoms with van der Waals surface area (Å²) >= 11 is 0. The Balaban J connectivity index is 1.71. The molecule has 0 bridgehead atoms. The maximum Gasteiger partial charge on any atom is 0.416 e. The summed E-state index contributed by atoms with van der Waals surface area (Å²) in [4.78, 5) is 1.87. The second-order valence-corrected chi connectivity index (χ2v) is 8.34. The van der Waals surface area contributed by atoms with Gasteiger partial charge in [0, 0.05) is 12.2 Å². The van der Waals surface area contributed by atoms with Crippen molar-refractivity contribution in [1.82, 2.24) is 0 Å². The molecule has 1 heterocycles. The van der Waals surface area contributed by atoms with Crippen molar-refractivity contribution in [3.05, 3.63) is 101 Å². The van der Waals surface area contributed by atoms with E-state index in [2.05, 4.69) is 0 Å². The van der Waals surface area contributed by atoms with Crippen LogP contribution in [-0.2, 0) is 21.8 Å². The minimum atomic E-state index is -4.89. The first-order valence-electron chi connectivity index (χ1n) is 11.1. The van der Waals surface area contributed by atoms with E-state index in [-0.39, 0.29) is 6.61 Å². The van der Waals surface area contributed by atoms with Gasteiger partial charge in [0.1, 0.15) is 11.9 Å². The molecule has 0 aromatic heterocycles. The lowest BCUT2D eigenvalue weighted by molar-refractivity contribution is -0.194. The number of nitrogens with zero attached hydrogens (tertiary/aromatic N) is 1. The predicted octanol–water partition coefficient (Wildman–Crippen LogP) is 7.55. The van der Waals surface area contributed by atoms with Crippen molar-refractivity contribution >= 4 is 5.69 Å². The van der Waals surface area contributed by atoms with E-state index in [9.17, 15) is 30.7 Å². The number of anilines is 1. The first-order chi connectivity index (χ1) is 16.9. The van der Waals surface area contributed by atoms with Crippen molar-refractivity contribution in [1.29, 1.82) is 0 Å². The van der Waals surface area contributed by atoms with E-state index in [0.717, 1.165) is 0 Å². The third kappa shape index (κ3) is 5.65. The van der Waals surface area contributed by atoms with Gasteiger partial charge in [-0.25, -0.2) is 4.39 Å². The molecular formula is C26H22F7NO2. The smallest absolute Gasteiger partial charge is 0.357 e. The lowest BCUT2D eigenvalue weighted by Crippen LogP contribution is -2.47. The maximum atomic E-state index is 13.7.